The molecule has 0 radical (unpaired) electrons. The first-order valence-corrected chi connectivity index (χ1v) is 5.48. The van der Waals surface area contributed by atoms with Crippen LogP contribution >= 0.6 is 0 Å². The lowest BCUT2D eigenvalue weighted by Crippen LogP contribution is -2.03. The van der Waals surface area contributed by atoms with E-state index in [9.17, 15) is 8.42 Å². The Labute approximate surface area is 92.7 Å². The number of rotatable bonds is 3. The number of para-hydroxylation sites is 2. The lowest BCUT2D eigenvalue weighted by Gasteiger charge is -1.92. The van der Waals surface area contributed by atoms with Crippen LogP contribution in [0.4, 0.5) is 0 Å². The second-order valence-corrected chi connectivity index (χ2v) is 3.38. The summed E-state index contributed by atoms with van der Waals surface area (Å²) >= 11 is 0. The minimum Gasteiger partial charge on any atom is -0.504 e. The lowest BCUT2D eigenvalue weighted by atomic mass is 10.3. The fourth-order valence-corrected chi connectivity index (χ4v) is 0.791. The van der Waals surface area contributed by atoms with Crippen molar-refractivity contribution >= 4 is 10.4 Å². The van der Waals surface area contributed by atoms with Gasteiger partial charge in [-0.15, -0.1) is 0 Å². The van der Waals surface area contributed by atoms with Crippen LogP contribution in [0.15, 0.2) is 24.3 Å². The standard InChI is InChI=1S/C6H6O2.C2H6O5S/c7-5-3-1-2-4-6(5)8;1-2-6-7-8(3,4)5/h1-4,7-8H;2H2,1H3,(H,3,4,5). The van der Waals surface area contributed by atoms with Gasteiger partial charge in [0.1, 0.15) is 0 Å². The van der Waals surface area contributed by atoms with Crippen molar-refractivity contribution < 1.29 is 32.4 Å². The molecule has 7 nitrogen and oxygen atoms in total. The Morgan fingerprint density at radius 3 is 1.81 bits per heavy atom. The number of phenolic OH excluding ortho intramolecular Hbond substituents is 2. The van der Waals surface area contributed by atoms with Crippen molar-refractivity contribution in [2.45, 2.75) is 6.92 Å². The van der Waals surface area contributed by atoms with Gasteiger partial charge in [-0.05, 0) is 19.1 Å². The highest BCUT2D eigenvalue weighted by atomic mass is 32.3. The Morgan fingerprint density at radius 2 is 1.62 bits per heavy atom. The van der Waals surface area contributed by atoms with Crippen molar-refractivity contribution in [3.63, 3.8) is 0 Å². The second kappa shape index (κ2) is 7.01. The summed E-state index contributed by atoms with van der Waals surface area (Å²) < 4.78 is 30.4. The molecule has 1 rings (SSSR count). The average Bonchev–Trinajstić information content (AvgIpc) is 2.19. The van der Waals surface area contributed by atoms with Gasteiger partial charge in [0, 0.05) is 0 Å². The van der Waals surface area contributed by atoms with Gasteiger partial charge in [-0.2, -0.15) is 8.42 Å². The van der Waals surface area contributed by atoms with Gasteiger partial charge in [0.15, 0.2) is 11.5 Å². The van der Waals surface area contributed by atoms with Gasteiger partial charge in [0.2, 0.25) is 0 Å². The molecule has 0 heterocycles. The molecule has 0 saturated heterocycles. The fourth-order valence-electron chi connectivity index (χ4n) is 0.573. The van der Waals surface area contributed by atoms with Gasteiger partial charge in [-0.25, -0.2) is 4.89 Å². The second-order valence-electron chi connectivity index (χ2n) is 2.39. The molecule has 0 aliphatic heterocycles. The number of aromatic hydroxyl groups is 2. The molecule has 0 aliphatic rings. The van der Waals surface area contributed by atoms with E-state index in [0.717, 1.165) is 0 Å². The number of phenols is 2. The third-order valence-corrected chi connectivity index (χ3v) is 1.40. The van der Waals surface area contributed by atoms with Gasteiger partial charge in [0.25, 0.3) is 0 Å². The molecule has 0 aliphatic carbocycles. The van der Waals surface area contributed by atoms with E-state index in [1.165, 1.54) is 19.1 Å². The minimum atomic E-state index is -4.41. The normalized spacial score (nSPS) is 10.4. The van der Waals surface area contributed by atoms with Crippen molar-refractivity contribution in [2.24, 2.45) is 0 Å². The highest BCUT2D eigenvalue weighted by Crippen LogP contribution is 2.21. The van der Waals surface area contributed by atoms with Gasteiger partial charge in [-0.3, -0.25) is 4.55 Å². The number of benzene rings is 1. The van der Waals surface area contributed by atoms with E-state index in [4.69, 9.17) is 14.8 Å². The van der Waals surface area contributed by atoms with E-state index in [0.29, 0.717) is 0 Å². The first-order chi connectivity index (χ1) is 7.37. The summed E-state index contributed by atoms with van der Waals surface area (Å²) in [6, 6.07) is 6.15. The molecule has 0 amide bonds. The Kier molecular flexibility index (Phi) is 6.42. The van der Waals surface area contributed by atoms with Crippen LogP contribution in [-0.2, 0) is 19.6 Å². The minimum absolute atomic E-state index is 0.0692. The van der Waals surface area contributed by atoms with Crippen molar-refractivity contribution in [3.8, 4) is 11.5 Å². The number of hydrogen-bond acceptors (Lipinski definition) is 6. The average molecular weight is 252 g/mol. The molecular formula is C8H12O7S. The first-order valence-electron chi connectivity index (χ1n) is 4.12. The molecule has 8 heteroatoms. The van der Waals surface area contributed by atoms with Gasteiger partial charge in [-0.1, -0.05) is 16.5 Å². The van der Waals surface area contributed by atoms with Crippen LogP contribution in [0, 0.1) is 0 Å². The lowest BCUT2D eigenvalue weighted by molar-refractivity contribution is -0.203. The first kappa shape index (κ1) is 14.6. The maximum Gasteiger partial charge on any atom is 0.424 e. The highest BCUT2D eigenvalue weighted by Gasteiger charge is 2.02. The molecule has 0 fully saturated rings. The van der Waals surface area contributed by atoms with E-state index < -0.39 is 10.4 Å². The van der Waals surface area contributed by atoms with Crippen molar-refractivity contribution in [2.75, 3.05) is 6.61 Å². The molecule has 0 bridgehead atoms. The van der Waals surface area contributed by atoms with Crippen LogP contribution in [0.25, 0.3) is 0 Å². The summed E-state index contributed by atoms with van der Waals surface area (Å²) in [5.41, 5.74) is 0. The molecule has 16 heavy (non-hydrogen) atoms. The SMILES string of the molecule is CCOOS(=O)(=O)O.Oc1ccccc1O. The molecule has 0 spiro atoms. The van der Waals surface area contributed by atoms with Crippen molar-refractivity contribution in [1.29, 1.82) is 0 Å². The van der Waals surface area contributed by atoms with E-state index >= 15 is 0 Å². The summed E-state index contributed by atoms with van der Waals surface area (Å²) in [6.07, 6.45) is 0. The number of hydrogen-bond donors (Lipinski definition) is 3. The predicted molar refractivity (Wildman–Crippen MR) is 54.0 cm³/mol. The van der Waals surface area contributed by atoms with Crippen LogP contribution in [0.2, 0.25) is 0 Å². The predicted octanol–water partition coefficient (Wildman–Crippen LogP) is 0.855. The third kappa shape index (κ3) is 8.00. The topological polar surface area (TPSA) is 113 Å². The summed E-state index contributed by atoms with van der Waals surface area (Å²) in [4.78, 5) is 3.86. The molecule has 0 atom stereocenters. The van der Waals surface area contributed by atoms with Crippen molar-refractivity contribution in [3.05, 3.63) is 24.3 Å². The van der Waals surface area contributed by atoms with E-state index in [-0.39, 0.29) is 18.1 Å². The Balaban J connectivity index is 0.000000281. The maximum atomic E-state index is 9.60. The van der Waals surface area contributed by atoms with E-state index in [1.54, 1.807) is 12.1 Å². The fraction of sp³-hybridized carbons (Fsp3) is 0.250. The van der Waals surface area contributed by atoms with E-state index in [2.05, 4.69) is 9.22 Å². The summed E-state index contributed by atoms with van der Waals surface area (Å²) in [5, 5.41) is 17.3. The summed E-state index contributed by atoms with van der Waals surface area (Å²) in [5.74, 6) is -0.153. The Bertz CT molecular complexity index is 380. The van der Waals surface area contributed by atoms with Gasteiger partial charge < -0.3 is 10.2 Å². The molecule has 0 saturated carbocycles. The monoisotopic (exact) mass is 252 g/mol. The maximum absolute atomic E-state index is 9.60. The zero-order chi connectivity index (χ0) is 12.6. The molecular weight excluding hydrogens is 240 g/mol. The summed E-state index contributed by atoms with van der Waals surface area (Å²) in [6.45, 7) is 1.59. The molecule has 0 unspecified atom stereocenters. The smallest absolute Gasteiger partial charge is 0.424 e. The molecule has 92 valence electrons. The quantitative estimate of drug-likeness (QED) is 0.316. The molecule has 3 N–H and O–H groups in total. The van der Waals surface area contributed by atoms with E-state index in [1.807, 2.05) is 0 Å². The van der Waals surface area contributed by atoms with Crippen molar-refractivity contribution in [1.82, 2.24) is 0 Å². The molecule has 1 aromatic rings. The van der Waals surface area contributed by atoms with Gasteiger partial charge in [0.05, 0.1) is 6.61 Å². The van der Waals surface area contributed by atoms with Crippen LogP contribution < -0.4 is 0 Å². The third-order valence-electron chi connectivity index (χ3n) is 1.13. The Hall–Kier alpha value is -1.35. The van der Waals surface area contributed by atoms with Crippen LogP contribution in [0.5, 0.6) is 11.5 Å². The van der Waals surface area contributed by atoms with Crippen LogP contribution in [0.1, 0.15) is 6.92 Å². The van der Waals surface area contributed by atoms with Crippen LogP contribution in [-0.4, -0.2) is 29.8 Å². The van der Waals surface area contributed by atoms with Crippen LogP contribution in [0.3, 0.4) is 0 Å². The summed E-state index contributed by atoms with van der Waals surface area (Å²) in [7, 11) is -4.41. The highest BCUT2D eigenvalue weighted by molar-refractivity contribution is 7.80. The molecule has 0 aromatic heterocycles. The largest absolute Gasteiger partial charge is 0.504 e. The molecule has 1 aromatic carbocycles. The zero-order valence-electron chi connectivity index (χ0n) is 8.40. The zero-order valence-corrected chi connectivity index (χ0v) is 9.22. The van der Waals surface area contributed by atoms with Gasteiger partial charge >= 0.3 is 10.4 Å². The Morgan fingerprint density at radius 1 is 1.19 bits per heavy atom.